The van der Waals surface area contributed by atoms with Crippen LogP contribution in [0, 0.1) is 22.1 Å². The molecule has 0 atom stereocenters. The van der Waals surface area contributed by atoms with Gasteiger partial charge in [0.25, 0.3) is 0 Å². The van der Waals surface area contributed by atoms with Gasteiger partial charge in [-0.2, -0.15) is 4.39 Å². The molecule has 0 N–H and O–H groups in total. The third-order valence-corrected chi connectivity index (χ3v) is 3.28. The van der Waals surface area contributed by atoms with Crippen molar-refractivity contribution in [1.29, 1.82) is 0 Å². The molecular formula is C11H8F2I+. The maximum Gasteiger partial charge on any atom is 0.300 e. The largest absolute Gasteiger partial charge is 0.300 e. The summed E-state index contributed by atoms with van der Waals surface area (Å²) >= 11 is 1.52. The van der Waals surface area contributed by atoms with Gasteiger partial charge in [-0.3, -0.25) is 0 Å². The molecule has 0 saturated heterocycles. The maximum atomic E-state index is 13.2. The normalized spacial score (nSPS) is 10.9. The summed E-state index contributed by atoms with van der Waals surface area (Å²) in [6.45, 7) is 1.93. The third kappa shape index (κ3) is 1.49. The van der Waals surface area contributed by atoms with Crippen molar-refractivity contribution in [3.63, 3.8) is 0 Å². The van der Waals surface area contributed by atoms with E-state index in [0.717, 1.165) is 16.3 Å². The molecule has 0 fully saturated rings. The monoisotopic (exact) mass is 305 g/mol. The van der Waals surface area contributed by atoms with Crippen molar-refractivity contribution in [3.05, 3.63) is 45.0 Å². The van der Waals surface area contributed by atoms with Crippen molar-refractivity contribution >= 4 is 10.8 Å². The molecule has 0 radical (unpaired) electrons. The van der Waals surface area contributed by atoms with Crippen LogP contribution in [0.25, 0.3) is 10.8 Å². The molecule has 0 spiro atoms. The molecule has 2 aromatic carbocycles. The molecule has 0 heterocycles. The molecule has 14 heavy (non-hydrogen) atoms. The summed E-state index contributed by atoms with van der Waals surface area (Å²) in [7, 11) is 0. The summed E-state index contributed by atoms with van der Waals surface area (Å²) in [5.41, 5.74) is 1.05. The predicted molar refractivity (Wildman–Crippen MR) is 48.7 cm³/mol. The van der Waals surface area contributed by atoms with Crippen LogP contribution in [0.3, 0.4) is 0 Å². The fraction of sp³-hybridized carbons (Fsp3) is 0.0909. The molecule has 0 aliphatic rings. The Morgan fingerprint density at radius 1 is 1.14 bits per heavy atom. The molecule has 0 aliphatic carbocycles. The maximum absolute atomic E-state index is 13.2. The van der Waals surface area contributed by atoms with Gasteiger partial charge in [0.15, 0.2) is 5.82 Å². The van der Waals surface area contributed by atoms with Gasteiger partial charge in [0, 0.05) is 5.39 Å². The van der Waals surface area contributed by atoms with E-state index in [1.807, 2.05) is 25.1 Å². The highest BCUT2D eigenvalue weighted by atomic mass is 127. The Labute approximate surface area is 94.1 Å². The first kappa shape index (κ1) is 9.83. The molecule has 72 valence electrons. The van der Waals surface area contributed by atoms with Gasteiger partial charge in [-0.1, -0.05) is 17.7 Å². The van der Waals surface area contributed by atoms with Crippen molar-refractivity contribution < 1.29 is 31.4 Å². The average molecular weight is 305 g/mol. The summed E-state index contributed by atoms with van der Waals surface area (Å²) in [6.07, 6.45) is 0. The molecule has 0 nitrogen and oxygen atoms in total. The van der Waals surface area contributed by atoms with Gasteiger partial charge < -0.3 is 0 Å². The number of benzene rings is 2. The van der Waals surface area contributed by atoms with Crippen LogP contribution in [0.1, 0.15) is 5.56 Å². The molecule has 0 aliphatic heterocycles. The summed E-state index contributed by atoms with van der Waals surface area (Å²) in [4.78, 5) is 0. The molecular weight excluding hydrogens is 297 g/mol. The molecule has 2 aromatic rings. The highest BCUT2D eigenvalue weighted by Crippen LogP contribution is 2.19. The topological polar surface area (TPSA) is 0 Å². The molecule has 2 rings (SSSR count). The van der Waals surface area contributed by atoms with Gasteiger partial charge >= 0.3 is 22.6 Å². The van der Waals surface area contributed by atoms with Gasteiger partial charge in [0.05, 0.1) is 0 Å². The Bertz CT molecular complexity index is 506. The smallest absolute Gasteiger partial charge is 0.204 e. The van der Waals surface area contributed by atoms with Crippen LogP contribution in [0.4, 0.5) is 8.78 Å². The summed E-state index contributed by atoms with van der Waals surface area (Å²) in [6, 6.07) is 6.82. The van der Waals surface area contributed by atoms with Crippen LogP contribution in [0.2, 0.25) is 0 Å². The van der Waals surface area contributed by atoms with Crippen molar-refractivity contribution in [1.82, 2.24) is 0 Å². The van der Waals surface area contributed by atoms with Crippen LogP contribution in [-0.2, 0) is 0 Å². The fourth-order valence-corrected chi connectivity index (χ4v) is 2.24. The standard InChI is InChI=1S/C11H8F2I/c1-6-2-3-8-7(4-6)5-9(12)10(13)11(8)14/h2-5,14H,1H3/q+1. The minimum Gasteiger partial charge on any atom is -0.204 e. The van der Waals surface area contributed by atoms with E-state index in [1.54, 1.807) is 0 Å². The minimum absolute atomic E-state index is 0.385. The highest BCUT2D eigenvalue weighted by molar-refractivity contribution is 5.82. The predicted octanol–water partition coefficient (Wildman–Crippen LogP) is -0.118. The van der Waals surface area contributed by atoms with Crippen molar-refractivity contribution in [2.75, 3.05) is 0 Å². The van der Waals surface area contributed by atoms with Crippen molar-refractivity contribution in [2.24, 2.45) is 0 Å². The van der Waals surface area contributed by atoms with Crippen LogP contribution < -0.4 is 22.6 Å². The molecule has 0 bridgehead atoms. The lowest BCUT2D eigenvalue weighted by molar-refractivity contribution is -0.330. The zero-order valence-electron chi connectivity index (χ0n) is 7.47. The Morgan fingerprint density at radius 3 is 2.57 bits per heavy atom. The van der Waals surface area contributed by atoms with E-state index in [0.29, 0.717) is 3.57 Å². The number of rotatable bonds is 0. The first-order chi connectivity index (χ1) is 6.59. The van der Waals surface area contributed by atoms with Crippen LogP contribution in [-0.4, -0.2) is 0 Å². The lowest BCUT2D eigenvalue weighted by Gasteiger charge is -2.00. The van der Waals surface area contributed by atoms with Crippen molar-refractivity contribution in [2.45, 2.75) is 6.92 Å². The SMILES string of the molecule is Cc1ccc2c([IH+])c(F)c(F)cc2c1. The van der Waals surface area contributed by atoms with E-state index in [-0.39, 0.29) is 0 Å². The van der Waals surface area contributed by atoms with Gasteiger partial charge in [-0.15, -0.1) is 0 Å². The second kappa shape index (κ2) is 3.46. The summed E-state index contributed by atoms with van der Waals surface area (Å²) < 4.78 is 26.6. The number of hydrogen-bond donors (Lipinski definition) is 0. The van der Waals surface area contributed by atoms with Gasteiger partial charge in [0.1, 0.15) is 0 Å². The quantitative estimate of drug-likeness (QED) is 0.470. The highest BCUT2D eigenvalue weighted by Gasteiger charge is 2.16. The third-order valence-electron chi connectivity index (χ3n) is 2.14. The first-order valence-corrected chi connectivity index (χ1v) is 5.31. The number of halogens is 3. The first-order valence-electron chi connectivity index (χ1n) is 4.15. The van der Waals surface area contributed by atoms with Crippen LogP contribution >= 0.6 is 0 Å². The van der Waals surface area contributed by atoms with Crippen LogP contribution in [0.15, 0.2) is 24.3 Å². The Kier molecular flexibility index (Phi) is 2.43. The fourth-order valence-electron chi connectivity index (χ4n) is 1.43. The lowest BCUT2D eigenvalue weighted by atomic mass is 10.1. The van der Waals surface area contributed by atoms with Crippen LogP contribution in [0.5, 0.6) is 0 Å². The van der Waals surface area contributed by atoms with Gasteiger partial charge in [0.2, 0.25) is 9.39 Å². The van der Waals surface area contributed by atoms with E-state index in [9.17, 15) is 8.78 Å². The second-order valence-corrected chi connectivity index (χ2v) is 4.39. The Hall–Kier alpha value is -0.710. The zero-order valence-corrected chi connectivity index (χ0v) is 9.80. The van der Waals surface area contributed by atoms with E-state index in [1.165, 1.54) is 28.7 Å². The Balaban J connectivity index is 2.91. The Morgan fingerprint density at radius 2 is 1.86 bits per heavy atom. The average Bonchev–Trinajstić information content (AvgIpc) is 2.14. The van der Waals surface area contributed by atoms with E-state index < -0.39 is 11.6 Å². The van der Waals surface area contributed by atoms with E-state index in [2.05, 4.69) is 0 Å². The number of aryl methyl sites for hydroxylation is 1. The summed E-state index contributed by atoms with van der Waals surface area (Å²) in [5.74, 6) is -1.52. The molecule has 0 unspecified atom stereocenters. The molecule has 0 amide bonds. The van der Waals surface area contributed by atoms with Crippen molar-refractivity contribution in [3.8, 4) is 0 Å². The second-order valence-electron chi connectivity index (χ2n) is 3.23. The number of fused-ring (bicyclic) bond motifs is 1. The number of hydrogen-bond acceptors (Lipinski definition) is 0. The molecule has 0 saturated carbocycles. The van der Waals surface area contributed by atoms with E-state index >= 15 is 0 Å². The molecule has 3 heteroatoms. The minimum atomic E-state index is -0.775. The summed E-state index contributed by atoms with van der Waals surface area (Å²) in [5, 5.41) is 1.53. The van der Waals surface area contributed by atoms with E-state index in [4.69, 9.17) is 0 Å². The lowest BCUT2D eigenvalue weighted by Crippen LogP contribution is -3.34. The zero-order chi connectivity index (χ0) is 10.3. The van der Waals surface area contributed by atoms with Gasteiger partial charge in [-0.25, -0.2) is 4.39 Å². The molecule has 0 aromatic heterocycles. The van der Waals surface area contributed by atoms with Gasteiger partial charge in [-0.05, 0) is 24.4 Å².